The maximum atomic E-state index is 13.4. The topological polar surface area (TPSA) is 43.9 Å². The lowest BCUT2D eigenvalue weighted by Crippen LogP contribution is -2.44. The molecule has 2 amide bonds. The van der Waals surface area contributed by atoms with Crippen molar-refractivity contribution in [3.8, 4) is 0 Å². The first-order valence-corrected chi connectivity index (χ1v) is 9.36. The van der Waals surface area contributed by atoms with Gasteiger partial charge in [-0.25, -0.2) is 19.3 Å². The van der Waals surface area contributed by atoms with Crippen molar-refractivity contribution in [2.45, 2.75) is 18.5 Å². The van der Waals surface area contributed by atoms with Gasteiger partial charge in [-0.05, 0) is 42.3 Å². The van der Waals surface area contributed by atoms with Crippen LogP contribution in [-0.2, 0) is 9.59 Å². The van der Waals surface area contributed by atoms with Crippen LogP contribution in [0.25, 0.3) is 0 Å². The number of hydrogen-bond donors (Lipinski definition) is 0. The van der Waals surface area contributed by atoms with Gasteiger partial charge >= 0.3 is 0 Å². The second-order valence-electron chi connectivity index (χ2n) is 7.14. The van der Waals surface area contributed by atoms with E-state index in [2.05, 4.69) is 5.01 Å². The van der Waals surface area contributed by atoms with Crippen LogP contribution in [-0.4, -0.2) is 41.0 Å². The van der Waals surface area contributed by atoms with Crippen LogP contribution in [0.4, 0.5) is 10.1 Å². The summed E-state index contributed by atoms with van der Waals surface area (Å²) in [7, 11) is 0. The number of carbonyl (C=O) groups is 2. The zero-order valence-electron chi connectivity index (χ0n) is 14.4. The number of carbonyl (C=O) groups excluding carboxylic acids is 2. The van der Waals surface area contributed by atoms with Gasteiger partial charge in [0.2, 0.25) is 5.91 Å². The molecule has 2 aromatic carbocycles. The molecule has 3 heterocycles. The maximum absolute atomic E-state index is 13.4. The zero-order chi connectivity index (χ0) is 18.7. The van der Waals surface area contributed by atoms with Crippen molar-refractivity contribution in [3.63, 3.8) is 0 Å². The molecular weight excluding hydrogens is 369 g/mol. The van der Waals surface area contributed by atoms with Crippen LogP contribution in [0.5, 0.6) is 0 Å². The van der Waals surface area contributed by atoms with Crippen LogP contribution >= 0.6 is 11.6 Å². The van der Waals surface area contributed by atoms with Crippen molar-refractivity contribution in [1.29, 1.82) is 0 Å². The minimum absolute atomic E-state index is 0.219. The van der Waals surface area contributed by atoms with Gasteiger partial charge in [0.05, 0.1) is 17.6 Å². The van der Waals surface area contributed by atoms with Crippen LogP contribution < -0.4 is 4.90 Å². The van der Waals surface area contributed by atoms with E-state index in [1.807, 2.05) is 5.01 Å². The largest absolute Gasteiger partial charge is 0.274 e. The first kappa shape index (κ1) is 16.9. The molecule has 5 rings (SSSR count). The molecule has 2 aromatic rings. The third-order valence-electron chi connectivity index (χ3n) is 5.68. The van der Waals surface area contributed by atoms with Crippen molar-refractivity contribution in [1.82, 2.24) is 10.0 Å². The van der Waals surface area contributed by atoms with Gasteiger partial charge in [0, 0.05) is 18.1 Å². The molecule has 27 heavy (non-hydrogen) atoms. The zero-order valence-corrected chi connectivity index (χ0v) is 15.1. The molecule has 0 bridgehead atoms. The summed E-state index contributed by atoms with van der Waals surface area (Å²) in [5.41, 5.74) is 1.35. The van der Waals surface area contributed by atoms with Gasteiger partial charge in [-0.3, -0.25) is 9.59 Å². The number of rotatable bonds is 2. The maximum Gasteiger partial charge on any atom is 0.253 e. The predicted octanol–water partition coefficient (Wildman–Crippen LogP) is 3.01. The van der Waals surface area contributed by atoms with Crippen LogP contribution in [0.2, 0.25) is 5.02 Å². The summed E-state index contributed by atoms with van der Waals surface area (Å²) >= 11 is 6.06. The molecule has 3 aliphatic heterocycles. The van der Waals surface area contributed by atoms with Crippen molar-refractivity contribution in [2.75, 3.05) is 18.0 Å². The van der Waals surface area contributed by atoms with Gasteiger partial charge in [-0.1, -0.05) is 29.8 Å². The summed E-state index contributed by atoms with van der Waals surface area (Å²) < 4.78 is 13.4. The molecule has 5 nitrogen and oxygen atoms in total. The Hall–Kier alpha value is -2.28. The van der Waals surface area contributed by atoms with E-state index in [-0.39, 0.29) is 23.7 Å². The average molecular weight is 386 g/mol. The van der Waals surface area contributed by atoms with Gasteiger partial charge < -0.3 is 0 Å². The van der Waals surface area contributed by atoms with E-state index >= 15 is 0 Å². The number of anilines is 1. The lowest BCUT2D eigenvalue weighted by molar-refractivity contribution is -0.126. The van der Waals surface area contributed by atoms with Gasteiger partial charge in [0.25, 0.3) is 5.91 Å². The summed E-state index contributed by atoms with van der Waals surface area (Å²) in [5.74, 6) is -1.28. The fraction of sp³-hybridized carbons (Fsp3) is 0.300. The molecule has 3 saturated heterocycles. The Morgan fingerprint density at radius 1 is 0.926 bits per heavy atom. The Labute approximate surface area is 160 Å². The highest BCUT2D eigenvalue weighted by Crippen LogP contribution is 2.48. The summed E-state index contributed by atoms with van der Waals surface area (Å²) in [6.07, 6.45) is 0.930. The highest BCUT2D eigenvalue weighted by atomic mass is 35.5. The van der Waals surface area contributed by atoms with Crippen molar-refractivity contribution < 1.29 is 14.0 Å². The number of fused-ring (bicyclic) bond motifs is 3. The van der Waals surface area contributed by atoms with E-state index < -0.39 is 12.0 Å². The third-order valence-corrected chi connectivity index (χ3v) is 5.92. The normalized spacial score (nSPS) is 28.1. The third kappa shape index (κ3) is 2.44. The molecule has 0 radical (unpaired) electrons. The molecule has 3 atom stereocenters. The quantitative estimate of drug-likeness (QED) is 0.745. The molecule has 0 aliphatic carbocycles. The standard InChI is InChI=1S/C20H17ClFN3O2/c21-13-3-1-4-15(11-13)25-19(26)16-17(12-5-7-14(22)8-6-12)23-9-2-10-24(23)18(16)20(25)27/h1,3-8,11,16-18H,2,9-10H2/t16-,17-,18+/m0/s1. The summed E-state index contributed by atoms with van der Waals surface area (Å²) in [5, 5.41) is 4.60. The highest BCUT2D eigenvalue weighted by molar-refractivity contribution is 6.31. The minimum atomic E-state index is -0.519. The molecule has 0 N–H and O–H groups in total. The van der Waals surface area contributed by atoms with Gasteiger partial charge in [0.15, 0.2) is 0 Å². The van der Waals surface area contributed by atoms with E-state index in [0.717, 1.165) is 25.1 Å². The number of halogens is 2. The first-order valence-electron chi connectivity index (χ1n) is 8.98. The van der Waals surface area contributed by atoms with E-state index in [0.29, 0.717) is 10.7 Å². The lowest BCUT2D eigenvalue weighted by atomic mass is 9.90. The summed E-state index contributed by atoms with van der Waals surface area (Å²) in [6.45, 7) is 1.52. The van der Waals surface area contributed by atoms with Gasteiger partial charge in [-0.15, -0.1) is 0 Å². The summed E-state index contributed by atoms with van der Waals surface area (Å²) in [6, 6.07) is 12.2. The monoisotopic (exact) mass is 385 g/mol. The number of benzene rings is 2. The van der Waals surface area contributed by atoms with Gasteiger partial charge in [0.1, 0.15) is 11.9 Å². The van der Waals surface area contributed by atoms with E-state index in [1.54, 1.807) is 36.4 Å². The molecule has 0 spiro atoms. The molecule has 138 valence electrons. The summed E-state index contributed by atoms with van der Waals surface area (Å²) in [4.78, 5) is 27.8. The Kier molecular flexibility index (Phi) is 3.82. The number of imide groups is 1. The van der Waals surface area contributed by atoms with Crippen LogP contribution in [0.3, 0.4) is 0 Å². The van der Waals surface area contributed by atoms with E-state index in [9.17, 15) is 14.0 Å². The van der Waals surface area contributed by atoms with Crippen molar-refractivity contribution in [3.05, 3.63) is 64.9 Å². The Morgan fingerprint density at radius 3 is 2.33 bits per heavy atom. The fourth-order valence-corrected chi connectivity index (χ4v) is 4.83. The van der Waals surface area contributed by atoms with Crippen molar-refractivity contribution in [2.24, 2.45) is 5.92 Å². The Bertz CT molecular complexity index is 935. The number of hydrogen-bond acceptors (Lipinski definition) is 4. The first-order chi connectivity index (χ1) is 13.1. The second-order valence-corrected chi connectivity index (χ2v) is 7.57. The fourth-order valence-electron chi connectivity index (χ4n) is 4.64. The number of nitrogens with zero attached hydrogens (tertiary/aromatic N) is 3. The van der Waals surface area contributed by atoms with Crippen LogP contribution in [0, 0.1) is 11.7 Å². The molecular formula is C20H17ClFN3O2. The van der Waals surface area contributed by atoms with Crippen LogP contribution in [0.15, 0.2) is 48.5 Å². The van der Waals surface area contributed by atoms with Gasteiger partial charge in [-0.2, -0.15) is 0 Å². The Balaban J connectivity index is 1.59. The van der Waals surface area contributed by atoms with Crippen molar-refractivity contribution >= 4 is 29.1 Å². The molecule has 0 aromatic heterocycles. The van der Waals surface area contributed by atoms with E-state index in [1.165, 1.54) is 17.0 Å². The highest BCUT2D eigenvalue weighted by Gasteiger charge is 2.62. The van der Waals surface area contributed by atoms with E-state index in [4.69, 9.17) is 11.6 Å². The number of amides is 2. The molecule has 3 fully saturated rings. The number of hydrazine groups is 1. The molecule has 0 unspecified atom stereocenters. The SMILES string of the molecule is O=C1[C@@H]2[C@H](C(=O)N1c1cccc(Cl)c1)N1CCCN1[C@H]2c1ccc(F)cc1. The smallest absolute Gasteiger partial charge is 0.253 e. The second kappa shape index (κ2) is 6.12. The molecule has 0 saturated carbocycles. The minimum Gasteiger partial charge on any atom is -0.274 e. The molecule has 3 aliphatic rings. The Morgan fingerprint density at radius 2 is 1.63 bits per heavy atom. The predicted molar refractivity (Wildman–Crippen MR) is 98.4 cm³/mol. The average Bonchev–Trinajstić information content (AvgIpc) is 3.28. The van der Waals surface area contributed by atoms with Crippen LogP contribution in [0.1, 0.15) is 18.0 Å². The molecule has 7 heteroatoms. The lowest BCUT2D eigenvalue weighted by Gasteiger charge is -2.29.